The first kappa shape index (κ1) is 13.3. The van der Waals surface area contributed by atoms with E-state index in [0.717, 1.165) is 17.7 Å². The number of rotatable bonds is 5. The number of allylic oxidation sites excluding steroid dienone is 1. The maximum Gasteiger partial charge on any atom is 0.246 e. The van der Waals surface area contributed by atoms with Gasteiger partial charge in [0.25, 0.3) is 0 Å². The van der Waals surface area contributed by atoms with E-state index in [1.54, 1.807) is 25.1 Å². The molecule has 0 N–H and O–H groups in total. The van der Waals surface area contributed by atoms with Crippen LogP contribution in [-0.2, 0) is 11.3 Å². The van der Waals surface area contributed by atoms with Gasteiger partial charge in [-0.25, -0.2) is 0 Å². The molecule has 0 atom stereocenters. The van der Waals surface area contributed by atoms with Gasteiger partial charge >= 0.3 is 0 Å². The molecule has 0 saturated heterocycles. The zero-order valence-electron chi connectivity index (χ0n) is 10.6. The highest BCUT2D eigenvalue weighted by molar-refractivity contribution is 5.87. The summed E-state index contributed by atoms with van der Waals surface area (Å²) in [6.07, 6.45) is 4.35. The lowest BCUT2D eigenvalue weighted by Gasteiger charge is -2.15. The predicted molar refractivity (Wildman–Crippen MR) is 68.9 cm³/mol. The van der Waals surface area contributed by atoms with E-state index in [2.05, 4.69) is 0 Å². The van der Waals surface area contributed by atoms with Crippen LogP contribution in [0.5, 0.6) is 5.75 Å². The molecule has 0 aliphatic rings. The van der Waals surface area contributed by atoms with Crippen molar-refractivity contribution in [1.82, 2.24) is 4.90 Å². The Morgan fingerprint density at radius 2 is 2.24 bits per heavy atom. The van der Waals surface area contributed by atoms with E-state index in [9.17, 15) is 4.79 Å². The minimum Gasteiger partial charge on any atom is -0.497 e. The first-order chi connectivity index (χ1) is 8.17. The Morgan fingerprint density at radius 3 is 2.88 bits per heavy atom. The summed E-state index contributed by atoms with van der Waals surface area (Å²) in [5.41, 5.74) is 1.06. The second kappa shape index (κ2) is 6.74. The summed E-state index contributed by atoms with van der Waals surface area (Å²) in [6, 6.07) is 7.74. The van der Waals surface area contributed by atoms with Crippen molar-refractivity contribution in [2.45, 2.75) is 19.9 Å². The van der Waals surface area contributed by atoms with Gasteiger partial charge in [-0.05, 0) is 30.2 Å². The third-order valence-corrected chi connectivity index (χ3v) is 2.43. The molecule has 1 rings (SSSR count). The Kier molecular flexibility index (Phi) is 5.27. The highest BCUT2D eigenvalue weighted by Gasteiger charge is 2.05. The Labute approximate surface area is 103 Å². The van der Waals surface area contributed by atoms with Gasteiger partial charge in [0.2, 0.25) is 5.91 Å². The predicted octanol–water partition coefficient (Wildman–Crippen LogP) is 2.62. The zero-order chi connectivity index (χ0) is 12.7. The number of likely N-dealkylation sites (N-methyl/N-ethyl adjacent to an activating group) is 1. The highest BCUT2D eigenvalue weighted by Crippen LogP contribution is 2.13. The van der Waals surface area contributed by atoms with Gasteiger partial charge in [0.1, 0.15) is 5.75 Å². The maximum atomic E-state index is 11.7. The van der Waals surface area contributed by atoms with Gasteiger partial charge < -0.3 is 9.64 Å². The molecule has 1 aromatic carbocycles. The number of methoxy groups -OCH3 is 1. The fourth-order valence-electron chi connectivity index (χ4n) is 1.47. The van der Waals surface area contributed by atoms with Crippen LogP contribution in [0.3, 0.4) is 0 Å². The summed E-state index contributed by atoms with van der Waals surface area (Å²) in [4.78, 5) is 13.4. The van der Waals surface area contributed by atoms with E-state index in [4.69, 9.17) is 4.74 Å². The molecule has 3 heteroatoms. The fraction of sp³-hybridized carbons (Fsp3) is 0.357. The standard InChI is InChI=1S/C14H19NO2/c1-4-5-9-14(16)15(2)11-12-7-6-8-13(10-12)17-3/h5-10H,4,11H2,1-3H3/b9-5-. The fourth-order valence-corrected chi connectivity index (χ4v) is 1.47. The number of carbonyl (C=O) groups is 1. The molecule has 0 fully saturated rings. The maximum absolute atomic E-state index is 11.7. The van der Waals surface area contributed by atoms with E-state index in [0.29, 0.717) is 6.54 Å². The van der Waals surface area contributed by atoms with Crippen molar-refractivity contribution in [1.29, 1.82) is 0 Å². The number of nitrogens with zero attached hydrogens (tertiary/aromatic N) is 1. The quantitative estimate of drug-likeness (QED) is 0.732. The smallest absolute Gasteiger partial charge is 0.246 e. The van der Waals surface area contributed by atoms with Crippen molar-refractivity contribution in [3.05, 3.63) is 42.0 Å². The number of ether oxygens (including phenoxy) is 1. The van der Waals surface area contributed by atoms with Crippen LogP contribution in [0.2, 0.25) is 0 Å². The van der Waals surface area contributed by atoms with Crippen LogP contribution < -0.4 is 4.74 Å². The first-order valence-electron chi connectivity index (χ1n) is 5.72. The van der Waals surface area contributed by atoms with Crippen LogP contribution in [0.1, 0.15) is 18.9 Å². The van der Waals surface area contributed by atoms with E-state index >= 15 is 0 Å². The summed E-state index contributed by atoms with van der Waals surface area (Å²) in [7, 11) is 3.43. The molecule has 0 radical (unpaired) electrons. The molecule has 0 bridgehead atoms. The van der Waals surface area contributed by atoms with Crippen molar-refractivity contribution in [3.63, 3.8) is 0 Å². The monoisotopic (exact) mass is 233 g/mol. The molecule has 0 spiro atoms. The second-order valence-corrected chi connectivity index (χ2v) is 3.86. The molecule has 0 aliphatic carbocycles. The van der Waals surface area contributed by atoms with Crippen LogP contribution in [0, 0.1) is 0 Å². The van der Waals surface area contributed by atoms with Crippen molar-refractivity contribution in [2.75, 3.05) is 14.2 Å². The minimum absolute atomic E-state index is 0.0228. The third kappa shape index (κ3) is 4.31. The molecule has 0 saturated carbocycles. The number of amides is 1. The number of hydrogen-bond acceptors (Lipinski definition) is 2. The van der Waals surface area contributed by atoms with Crippen LogP contribution in [0.25, 0.3) is 0 Å². The van der Waals surface area contributed by atoms with E-state index < -0.39 is 0 Å². The van der Waals surface area contributed by atoms with Gasteiger partial charge in [0, 0.05) is 13.6 Å². The van der Waals surface area contributed by atoms with Crippen molar-refractivity contribution in [2.24, 2.45) is 0 Å². The Morgan fingerprint density at radius 1 is 1.47 bits per heavy atom. The molecular formula is C14H19NO2. The Balaban J connectivity index is 2.63. The summed E-state index contributed by atoms with van der Waals surface area (Å²) in [5.74, 6) is 0.835. The van der Waals surface area contributed by atoms with Crippen LogP contribution >= 0.6 is 0 Å². The molecule has 17 heavy (non-hydrogen) atoms. The van der Waals surface area contributed by atoms with E-state index in [1.807, 2.05) is 37.3 Å². The van der Waals surface area contributed by atoms with Crippen LogP contribution in [0.4, 0.5) is 0 Å². The van der Waals surface area contributed by atoms with Crippen molar-refractivity contribution >= 4 is 5.91 Å². The SMILES string of the molecule is CC/C=C\C(=O)N(C)Cc1cccc(OC)c1. The lowest BCUT2D eigenvalue weighted by molar-refractivity contribution is -0.125. The number of carbonyl (C=O) groups excluding carboxylic acids is 1. The van der Waals surface area contributed by atoms with Crippen molar-refractivity contribution < 1.29 is 9.53 Å². The summed E-state index contributed by atoms with van der Waals surface area (Å²) in [5, 5.41) is 0. The largest absolute Gasteiger partial charge is 0.497 e. The number of hydrogen-bond donors (Lipinski definition) is 0. The van der Waals surface area contributed by atoms with E-state index in [1.165, 1.54) is 0 Å². The average Bonchev–Trinajstić information content (AvgIpc) is 2.36. The highest BCUT2D eigenvalue weighted by atomic mass is 16.5. The molecule has 0 heterocycles. The Hall–Kier alpha value is -1.77. The average molecular weight is 233 g/mol. The van der Waals surface area contributed by atoms with Gasteiger partial charge in [-0.15, -0.1) is 0 Å². The van der Waals surface area contributed by atoms with Gasteiger partial charge in [-0.2, -0.15) is 0 Å². The topological polar surface area (TPSA) is 29.5 Å². The summed E-state index contributed by atoms with van der Waals surface area (Å²) in [6.45, 7) is 2.59. The molecule has 0 unspecified atom stereocenters. The second-order valence-electron chi connectivity index (χ2n) is 3.86. The molecule has 0 aliphatic heterocycles. The lowest BCUT2D eigenvalue weighted by atomic mass is 10.2. The normalized spacial score (nSPS) is 10.5. The van der Waals surface area contributed by atoms with E-state index in [-0.39, 0.29) is 5.91 Å². The molecule has 92 valence electrons. The summed E-state index contributed by atoms with van der Waals surface area (Å²) < 4.78 is 5.14. The third-order valence-electron chi connectivity index (χ3n) is 2.43. The molecule has 1 amide bonds. The Bertz CT molecular complexity index is 399. The lowest BCUT2D eigenvalue weighted by Crippen LogP contribution is -2.24. The molecular weight excluding hydrogens is 214 g/mol. The first-order valence-corrected chi connectivity index (χ1v) is 5.72. The summed E-state index contributed by atoms with van der Waals surface area (Å²) >= 11 is 0. The van der Waals surface area contributed by atoms with Gasteiger partial charge in [0.05, 0.1) is 7.11 Å². The molecule has 0 aromatic heterocycles. The van der Waals surface area contributed by atoms with Gasteiger partial charge in [-0.3, -0.25) is 4.79 Å². The van der Waals surface area contributed by atoms with Gasteiger partial charge in [-0.1, -0.05) is 25.1 Å². The van der Waals surface area contributed by atoms with Crippen LogP contribution in [-0.4, -0.2) is 25.0 Å². The van der Waals surface area contributed by atoms with Crippen molar-refractivity contribution in [3.8, 4) is 5.75 Å². The number of benzene rings is 1. The van der Waals surface area contributed by atoms with Crippen LogP contribution in [0.15, 0.2) is 36.4 Å². The zero-order valence-corrected chi connectivity index (χ0v) is 10.6. The minimum atomic E-state index is 0.0228. The van der Waals surface area contributed by atoms with Gasteiger partial charge in [0.15, 0.2) is 0 Å². The molecule has 1 aromatic rings. The molecule has 3 nitrogen and oxygen atoms in total.